The molecule has 0 bridgehead atoms. The van der Waals surface area contributed by atoms with Crippen molar-refractivity contribution in [1.29, 1.82) is 0 Å². The molecule has 0 radical (unpaired) electrons. The second-order valence-corrected chi connectivity index (χ2v) is 4.02. The first-order valence-corrected chi connectivity index (χ1v) is 5.79. The molecule has 0 aromatic heterocycles. The van der Waals surface area contributed by atoms with E-state index in [9.17, 15) is 4.79 Å². The fourth-order valence-corrected chi connectivity index (χ4v) is 1.77. The highest BCUT2D eigenvalue weighted by Crippen LogP contribution is 2.19. The Balaban J connectivity index is 2.10. The Morgan fingerprint density at radius 2 is 2.33 bits per heavy atom. The van der Waals surface area contributed by atoms with Crippen LogP contribution in [0.2, 0.25) is 0 Å². The van der Waals surface area contributed by atoms with Gasteiger partial charge in [-0.15, -0.1) is 11.8 Å². The molecular weight excluding hydrogens is 216 g/mol. The number of unbranched alkanes of at least 4 members (excludes halogenated alkanes) is 1. The molecule has 0 saturated heterocycles. The minimum atomic E-state index is -0.775. The van der Waals surface area contributed by atoms with Gasteiger partial charge in [-0.1, -0.05) is 0 Å². The van der Waals surface area contributed by atoms with Gasteiger partial charge in [-0.25, -0.2) is 0 Å². The van der Waals surface area contributed by atoms with Crippen LogP contribution in [-0.4, -0.2) is 28.5 Å². The van der Waals surface area contributed by atoms with Crippen LogP contribution < -0.4 is 0 Å². The maximum atomic E-state index is 10.2. The van der Waals surface area contributed by atoms with Crippen LogP contribution in [0, 0.1) is 0 Å². The molecule has 0 aromatic rings. The first-order valence-electron chi connectivity index (χ1n) is 4.74. The van der Waals surface area contributed by atoms with Crippen LogP contribution in [0.4, 0.5) is 0 Å². The summed E-state index contributed by atoms with van der Waals surface area (Å²) in [4.78, 5) is 10.2. The second-order valence-electron chi connectivity index (χ2n) is 3.16. The van der Waals surface area contributed by atoms with E-state index in [1.807, 2.05) is 0 Å². The summed E-state index contributed by atoms with van der Waals surface area (Å²) in [6, 6.07) is 0. The summed E-state index contributed by atoms with van der Waals surface area (Å²) in [7, 11) is 0. The number of hydrogen-bond acceptors (Lipinski definition) is 4. The average molecular weight is 230 g/mol. The lowest BCUT2D eigenvalue weighted by Gasteiger charge is -2.12. The molecule has 1 aliphatic heterocycles. The number of aliphatic hydroxyl groups excluding tert-OH is 1. The largest absolute Gasteiger partial charge is 0.507 e. The van der Waals surface area contributed by atoms with Gasteiger partial charge in [-0.2, -0.15) is 0 Å². The Bertz CT molecular complexity index is 283. The summed E-state index contributed by atoms with van der Waals surface area (Å²) < 4.78 is 5.38. The van der Waals surface area contributed by atoms with Crippen molar-refractivity contribution in [2.45, 2.75) is 19.3 Å². The molecule has 4 nitrogen and oxygen atoms in total. The van der Waals surface area contributed by atoms with E-state index in [1.165, 1.54) is 11.8 Å². The van der Waals surface area contributed by atoms with Crippen LogP contribution in [0.3, 0.4) is 0 Å². The summed E-state index contributed by atoms with van der Waals surface area (Å²) in [6.07, 6.45) is 3.12. The van der Waals surface area contributed by atoms with Crippen molar-refractivity contribution in [2.75, 3.05) is 12.4 Å². The molecule has 1 aliphatic rings. The van der Waals surface area contributed by atoms with Gasteiger partial charge in [0.15, 0.2) is 0 Å². The first kappa shape index (κ1) is 12.0. The molecule has 15 heavy (non-hydrogen) atoms. The number of rotatable bonds is 6. The zero-order valence-electron chi connectivity index (χ0n) is 8.31. The molecule has 0 atom stereocenters. The highest BCUT2D eigenvalue weighted by atomic mass is 32.2. The van der Waals surface area contributed by atoms with Crippen molar-refractivity contribution in [3.63, 3.8) is 0 Å². The number of carboxylic acids is 1. The lowest BCUT2D eigenvalue weighted by atomic mass is 10.2. The van der Waals surface area contributed by atoms with Crippen molar-refractivity contribution >= 4 is 17.7 Å². The smallest absolute Gasteiger partial charge is 0.303 e. The van der Waals surface area contributed by atoms with E-state index in [-0.39, 0.29) is 12.2 Å². The number of ether oxygens (including phenoxy) is 1. The highest BCUT2D eigenvalue weighted by Gasteiger charge is 2.05. The first-order chi connectivity index (χ1) is 7.18. The third kappa shape index (κ3) is 5.37. The zero-order chi connectivity index (χ0) is 11.1. The van der Waals surface area contributed by atoms with Crippen LogP contribution in [0.5, 0.6) is 0 Å². The molecule has 0 amide bonds. The van der Waals surface area contributed by atoms with Crippen molar-refractivity contribution in [2.24, 2.45) is 0 Å². The van der Waals surface area contributed by atoms with Gasteiger partial charge in [-0.3, -0.25) is 4.79 Å². The van der Waals surface area contributed by atoms with Crippen molar-refractivity contribution in [1.82, 2.24) is 0 Å². The maximum absolute atomic E-state index is 10.2. The Kier molecular flexibility index (Phi) is 5.10. The molecular formula is C10H14O4S. The van der Waals surface area contributed by atoms with Crippen LogP contribution >= 0.6 is 11.8 Å². The van der Waals surface area contributed by atoms with E-state index in [4.69, 9.17) is 14.9 Å². The quantitative estimate of drug-likeness (QED) is 0.685. The Morgan fingerprint density at radius 3 is 3.00 bits per heavy atom. The van der Waals surface area contributed by atoms with E-state index < -0.39 is 5.97 Å². The summed E-state index contributed by atoms with van der Waals surface area (Å²) in [6.45, 7) is 0.507. The number of carboxylic acid groups (broad SMARTS) is 1. The lowest BCUT2D eigenvalue weighted by molar-refractivity contribution is -0.137. The summed E-state index contributed by atoms with van der Waals surface area (Å²) in [5.41, 5.74) is 0. The van der Waals surface area contributed by atoms with E-state index >= 15 is 0 Å². The van der Waals surface area contributed by atoms with Crippen molar-refractivity contribution < 1.29 is 19.7 Å². The van der Waals surface area contributed by atoms with E-state index in [0.717, 1.165) is 17.9 Å². The predicted octanol–water partition coefficient (Wildman–Crippen LogP) is 2.29. The normalized spacial score (nSPS) is 15.5. The van der Waals surface area contributed by atoms with Gasteiger partial charge in [0.2, 0.25) is 0 Å². The predicted molar refractivity (Wildman–Crippen MR) is 58.7 cm³/mol. The monoisotopic (exact) mass is 230 g/mol. The molecule has 0 unspecified atom stereocenters. The topological polar surface area (TPSA) is 66.8 Å². The standard InChI is InChI=1S/C10H14O4S/c11-8-5-9(7-15-6-8)14-4-2-1-3-10(12)13/h5-6,11H,1-4,7H2,(H,12,13). The summed E-state index contributed by atoms with van der Waals surface area (Å²) in [5, 5.41) is 19.2. The average Bonchev–Trinajstić information content (AvgIpc) is 2.17. The maximum Gasteiger partial charge on any atom is 0.303 e. The van der Waals surface area contributed by atoms with Gasteiger partial charge in [0.25, 0.3) is 0 Å². The van der Waals surface area contributed by atoms with Crippen molar-refractivity contribution in [3.8, 4) is 0 Å². The molecule has 0 aromatic carbocycles. The van der Waals surface area contributed by atoms with Gasteiger partial charge < -0.3 is 14.9 Å². The van der Waals surface area contributed by atoms with E-state index in [2.05, 4.69) is 0 Å². The Morgan fingerprint density at radius 1 is 1.53 bits per heavy atom. The minimum absolute atomic E-state index is 0.183. The number of hydrogen-bond donors (Lipinski definition) is 2. The third-order valence-electron chi connectivity index (χ3n) is 1.81. The van der Waals surface area contributed by atoms with Crippen LogP contribution in [0.1, 0.15) is 19.3 Å². The summed E-state index contributed by atoms with van der Waals surface area (Å²) >= 11 is 1.48. The Labute approximate surface area is 92.6 Å². The van der Waals surface area contributed by atoms with Crippen LogP contribution in [0.15, 0.2) is 23.0 Å². The van der Waals surface area contributed by atoms with E-state index in [1.54, 1.807) is 11.5 Å². The molecule has 1 rings (SSSR count). The SMILES string of the molecule is O=C(O)CCCCOC1=CC(O)=CSC1. The fraction of sp³-hybridized carbons (Fsp3) is 0.500. The van der Waals surface area contributed by atoms with E-state index in [0.29, 0.717) is 13.0 Å². The molecule has 0 aliphatic carbocycles. The number of aliphatic carboxylic acids is 1. The molecule has 0 fully saturated rings. The number of allylic oxidation sites excluding steroid dienone is 1. The van der Waals surface area contributed by atoms with Crippen LogP contribution in [-0.2, 0) is 9.53 Å². The number of thioether (sulfide) groups is 1. The molecule has 1 heterocycles. The lowest BCUT2D eigenvalue weighted by Crippen LogP contribution is -2.02. The molecule has 0 spiro atoms. The van der Waals surface area contributed by atoms with Gasteiger partial charge in [0, 0.05) is 17.9 Å². The van der Waals surface area contributed by atoms with Gasteiger partial charge in [-0.05, 0) is 12.8 Å². The van der Waals surface area contributed by atoms with Gasteiger partial charge >= 0.3 is 5.97 Å². The molecule has 5 heteroatoms. The Hall–Kier alpha value is -1.10. The zero-order valence-corrected chi connectivity index (χ0v) is 9.13. The number of aliphatic hydroxyl groups is 1. The van der Waals surface area contributed by atoms with Crippen LogP contribution in [0.25, 0.3) is 0 Å². The summed E-state index contributed by atoms with van der Waals surface area (Å²) in [5.74, 6) is 0.910. The fourth-order valence-electron chi connectivity index (χ4n) is 1.11. The van der Waals surface area contributed by atoms with Crippen molar-refractivity contribution in [3.05, 3.63) is 23.0 Å². The molecule has 0 saturated carbocycles. The third-order valence-corrected chi connectivity index (χ3v) is 2.67. The van der Waals surface area contributed by atoms with Gasteiger partial charge in [0.1, 0.15) is 11.5 Å². The molecule has 2 N–H and O–H groups in total. The highest BCUT2D eigenvalue weighted by molar-refractivity contribution is 8.02. The molecule has 84 valence electrons. The number of carbonyl (C=O) groups is 1. The second kappa shape index (κ2) is 6.40. The van der Waals surface area contributed by atoms with Gasteiger partial charge in [0.05, 0.1) is 12.4 Å². The minimum Gasteiger partial charge on any atom is -0.507 e.